The predicted molar refractivity (Wildman–Crippen MR) is 122 cm³/mol. The fourth-order valence-corrected chi connectivity index (χ4v) is 4.56. The molecule has 156 valence electrons. The Balaban J connectivity index is 1.51. The molecule has 0 fully saturated rings. The Morgan fingerprint density at radius 2 is 1.94 bits per heavy atom. The first-order valence-corrected chi connectivity index (χ1v) is 11.0. The summed E-state index contributed by atoms with van der Waals surface area (Å²) in [7, 11) is 0. The summed E-state index contributed by atoms with van der Waals surface area (Å²) >= 11 is 7.71. The highest BCUT2D eigenvalue weighted by molar-refractivity contribution is 7.99. The third-order valence-electron chi connectivity index (χ3n) is 4.98. The van der Waals surface area contributed by atoms with Crippen molar-refractivity contribution in [2.45, 2.75) is 23.9 Å². The van der Waals surface area contributed by atoms with E-state index in [9.17, 15) is 0 Å². The molecule has 0 radical (unpaired) electrons. The van der Waals surface area contributed by atoms with Crippen molar-refractivity contribution in [2.75, 3.05) is 5.84 Å². The van der Waals surface area contributed by atoms with Gasteiger partial charge in [-0.05, 0) is 42.8 Å². The lowest BCUT2D eigenvalue weighted by atomic mass is 10.2. The lowest BCUT2D eigenvalue weighted by Crippen LogP contribution is -2.12. The van der Waals surface area contributed by atoms with Crippen molar-refractivity contribution in [3.63, 3.8) is 0 Å². The normalized spacial score (nSPS) is 12.5. The first-order chi connectivity index (χ1) is 15.1. The number of imidazole rings is 1. The number of hydrogen-bond acceptors (Lipinski definition) is 6. The van der Waals surface area contributed by atoms with Gasteiger partial charge in [-0.1, -0.05) is 53.7 Å². The molecule has 0 bridgehead atoms. The second-order valence-corrected chi connectivity index (χ2v) is 8.83. The van der Waals surface area contributed by atoms with Gasteiger partial charge in [0.25, 0.3) is 0 Å². The summed E-state index contributed by atoms with van der Waals surface area (Å²) < 4.78 is 9.06. The van der Waals surface area contributed by atoms with Crippen molar-refractivity contribution in [2.24, 2.45) is 0 Å². The van der Waals surface area contributed by atoms with Crippen molar-refractivity contribution in [3.05, 3.63) is 83.3 Å². The Hall–Kier alpha value is -3.23. The second-order valence-electron chi connectivity index (χ2n) is 7.09. The van der Waals surface area contributed by atoms with Crippen molar-refractivity contribution < 1.29 is 4.42 Å². The third-order valence-corrected chi connectivity index (χ3v) is 6.26. The highest BCUT2D eigenvalue weighted by atomic mass is 35.5. The lowest BCUT2D eigenvalue weighted by Gasteiger charge is -2.14. The van der Waals surface area contributed by atoms with Crippen LogP contribution < -0.4 is 5.84 Å². The molecule has 31 heavy (non-hydrogen) atoms. The molecule has 1 unspecified atom stereocenters. The number of furan rings is 1. The molecule has 5 aromatic rings. The van der Waals surface area contributed by atoms with Crippen LogP contribution in [0.2, 0.25) is 5.02 Å². The number of nitrogen functional groups attached to an aromatic ring is 1. The molecule has 0 aliphatic carbocycles. The number of hydrogen-bond donors (Lipinski definition) is 1. The van der Waals surface area contributed by atoms with Gasteiger partial charge in [0.15, 0.2) is 5.76 Å². The van der Waals surface area contributed by atoms with Crippen molar-refractivity contribution in [1.29, 1.82) is 0 Å². The lowest BCUT2D eigenvalue weighted by molar-refractivity contribution is 0.574. The smallest absolute Gasteiger partial charge is 0.218 e. The van der Waals surface area contributed by atoms with Crippen LogP contribution in [0, 0.1) is 0 Å². The van der Waals surface area contributed by atoms with Gasteiger partial charge in [-0.2, -0.15) is 0 Å². The Labute approximate surface area is 187 Å². The number of aromatic nitrogens is 5. The van der Waals surface area contributed by atoms with Gasteiger partial charge in [0.2, 0.25) is 11.0 Å². The Morgan fingerprint density at radius 1 is 1.10 bits per heavy atom. The van der Waals surface area contributed by atoms with Crippen molar-refractivity contribution in [3.8, 4) is 11.6 Å². The summed E-state index contributed by atoms with van der Waals surface area (Å²) in [6.07, 6.45) is 1.58. The van der Waals surface area contributed by atoms with Crippen LogP contribution >= 0.6 is 23.4 Å². The van der Waals surface area contributed by atoms with Gasteiger partial charge in [0.1, 0.15) is 5.82 Å². The van der Waals surface area contributed by atoms with Gasteiger partial charge in [0, 0.05) is 11.6 Å². The molecule has 3 heterocycles. The van der Waals surface area contributed by atoms with Crippen LogP contribution in [0.4, 0.5) is 0 Å². The van der Waals surface area contributed by atoms with E-state index in [2.05, 4.69) is 33.8 Å². The molecule has 3 aromatic heterocycles. The molecule has 0 saturated carbocycles. The molecule has 2 aromatic carbocycles. The fourth-order valence-electron chi connectivity index (χ4n) is 3.51. The SMILES string of the molecule is CC(Sc1nnc(-c2ccco2)n1N)c1nc2cc(Cl)ccc2n1Cc1ccccc1. The first-order valence-electron chi connectivity index (χ1n) is 9.71. The minimum Gasteiger partial charge on any atom is -0.461 e. The van der Waals surface area contributed by atoms with Gasteiger partial charge in [0.05, 0.1) is 22.5 Å². The maximum absolute atomic E-state index is 6.24. The van der Waals surface area contributed by atoms with Crippen LogP contribution in [0.1, 0.15) is 23.6 Å². The molecule has 0 spiro atoms. The highest BCUT2D eigenvalue weighted by Gasteiger charge is 2.22. The highest BCUT2D eigenvalue weighted by Crippen LogP contribution is 2.36. The van der Waals surface area contributed by atoms with E-state index in [1.54, 1.807) is 18.4 Å². The number of nitrogens with two attached hydrogens (primary N) is 1. The van der Waals surface area contributed by atoms with Crippen molar-refractivity contribution in [1.82, 2.24) is 24.4 Å². The summed E-state index contributed by atoms with van der Waals surface area (Å²) in [4.78, 5) is 4.89. The maximum atomic E-state index is 6.24. The Morgan fingerprint density at radius 3 is 2.71 bits per heavy atom. The zero-order valence-corrected chi connectivity index (χ0v) is 18.2. The third kappa shape index (κ3) is 3.80. The molecular formula is C22H19ClN6OS. The topological polar surface area (TPSA) is 87.7 Å². The summed E-state index contributed by atoms with van der Waals surface area (Å²) in [5.41, 5.74) is 3.08. The van der Waals surface area contributed by atoms with Crippen LogP contribution in [-0.4, -0.2) is 24.4 Å². The molecule has 1 atom stereocenters. The Kier molecular flexibility index (Phi) is 5.17. The van der Waals surface area contributed by atoms with Crippen molar-refractivity contribution >= 4 is 34.4 Å². The average Bonchev–Trinajstić information content (AvgIpc) is 3.49. The van der Waals surface area contributed by atoms with Crippen LogP contribution in [0.15, 0.2) is 76.5 Å². The van der Waals surface area contributed by atoms with Crippen LogP contribution in [-0.2, 0) is 6.54 Å². The second kappa shape index (κ2) is 8.13. The quantitative estimate of drug-likeness (QED) is 0.284. The predicted octanol–water partition coefficient (Wildman–Crippen LogP) is 5.16. The van der Waals surface area contributed by atoms with E-state index in [0.717, 1.165) is 16.9 Å². The van der Waals surface area contributed by atoms with E-state index < -0.39 is 0 Å². The summed E-state index contributed by atoms with van der Waals surface area (Å²) in [5, 5.41) is 9.63. The molecule has 0 aliphatic heterocycles. The molecular weight excluding hydrogens is 432 g/mol. The summed E-state index contributed by atoms with van der Waals surface area (Å²) in [6.45, 7) is 2.78. The molecule has 5 rings (SSSR count). The molecule has 7 nitrogen and oxygen atoms in total. The minimum atomic E-state index is -0.0363. The Bertz CT molecular complexity index is 1330. The average molecular weight is 451 g/mol. The van der Waals surface area contributed by atoms with E-state index in [-0.39, 0.29) is 5.25 Å². The number of benzene rings is 2. The summed E-state index contributed by atoms with van der Waals surface area (Å²) in [5.74, 6) is 8.20. The molecule has 0 saturated heterocycles. The van der Waals surface area contributed by atoms with E-state index >= 15 is 0 Å². The number of fused-ring (bicyclic) bond motifs is 1. The van der Waals surface area contributed by atoms with Crippen LogP contribution in [0.3, 0.4) is 0 Å². The molecule has 0 aliphatic rings. The fraction of sp³-hybridized carbons (Fsp3) is 0.136. The van der Waals surface area contributed by atoms with E-state index in [1.807, 2.05) is 36.4 Å². The zero-order valence-electron chi connectivity index (χ0n) is 16.6. The van der Waals surface area contributed by atoms with Gasteiger partial charge >= 0.3 is 0 Å². The molecule has 9 heteroatoms. The zero-order chi connectivity index (χ0) is 21.4. The largest absolute Gasteiger partial charge is 0.461 e. The monoisotopic (exact) mass is 450 g/mol. The number of thioether (sulfide) groups is 1. The number of nitrogens with zero attached hydrogens (tertiary/aromatic N) is 5. The van der Waals surface area contributed by atoms with Gasteiger partial charge in [-0.25, -0.2) is 9.66 Å². The van der Waals surface area contributed by atoms with E-state index in [4.69, 9.17) is 26.8 Å². The number of halogens is 1. The minimum absolute atomic E-state index is 0.0363. The maximum Gasteiger partial charge on any atom is 0.218 e. The van der Waals surface area contributed by atoms with Crippen LogP contribution in [0.5, 0.6) is 0 Å². The molecule has 2 N–H and O–H groups in total. The molecule has 0 amide bonds. The number of rotatable bonds is 6. The van der Waals surface area contributed by atoms with E-state index in [1.165, 1.54) is 22.0 Å². The standard InChI is InChI=1S/C22H19ClN6OS/c1-14(31-22-27-26-21(29(22)24)19-8-5-11-30-19)20-25-17-12-16(23)9-10-18(17)28(20)13-15-6-3-2-4-7-15/h2-12,14H,13,24H2,1H3. The van der Waals surface area contributed by atoms with Gasteiger partial charge in [-0.15, -0.1) is 10.2 Å². The summed E-state index contributed by atoms with van der Waals surface area (Å²) in [6, 6.07) is 19.7. The van der Waals surface area contributed by atoms with Gasteiger partial charge < -0.3 is 14.8 Å². The van der Waals surface area contributed by atoms with Gasteiger partial charge in [-0.3, -0.25) is 0 Å². The first kappa shape index (κ1) is 19.7. The van der Waals surface area contributed by atoms with E-state index in [0.29, 0.717) is 28.3 Å². The van der Waals surface area contributed by atoms with Crippen LogP contribution in [0.25, 0.3) is 22.6 Å².